The van der Waals surface area contributed by atoms with Crippen molar-refractivity contribution in [2.45, 2.75) is 38.7 Å². The summed E-state index contributed by atoms with van der Waals surface area (Å²) in [5, 5.41) is 11.0. The molecule has 142 valence electrons. The van der Waals surface area contributed by atoms with Gasteiger partial charge in [-0.15, -0.1) is 0 Å². The maximum Gasteiger partial charge on any atom is 0.338 e. The highest BCUT2D eigenvalue weighted by atomic mass is 16.5. The Balaban J connectivity index is 1.61. The van der Waals surface area contributed by atoms with Crippen molar-refractivity contribution in [3.63, 3.8) is 0 Å². The number of fused-ring (bicyclic) bond motifs is 1. The molecule has 1 N–H and O–H groups in total. The van der Waals surface area contributed by atoms with E-state index < -0.39 is 18.0 Å². The second-order valence-corrected chi connectivity index (χ2v) is 6.71. The monoisotopic (exact) mass is 376 g/mol. The standard InChI is InChI=1S/C22H20N2O4/c1-14(21(26)18-6-5-15-3-2-4-17(15)13-18)28-22(27)16-7-9-19(10-8-16)24-20(25)11-12-23/h5-10,13-14H,2-4,11H2,1H3,(H,24,25)/t14-/m1/s1. The number of aryl methyl sites for hydroxylation is 2. The summed E-state index contributed by atoms with van der Waals surface area (Å²) in [4.78, 5) is 36.3. The lowest BCUT2D eigenvalue weighted by Gasteiger charge is -2.13. The van der Waals surface area contributed by atoms with Gasteiger partial charge in [-0.3, -0.25) is 9.59 Å². The molecule has 2 aromatic rings. The second-order valence-electron chi connectivity index (χ2n) is 6.71. The molecular weight excluding hydrogens is 356 g/mol. The molecule has 0 spiro atoms. The van der Waals surface area contributed by atoms with Gasteiger partial charge in [-0.2, -0.15) is 5.26 Å². The van der Waals surface area contributed by atoms with Crippen LogP contribution in [0, 0.1) is 11.3 Å². The van der Waals surface area contributed by atoms with Gasteiger partial charge in [-0.1, -0.05) is 12.1 Å². The van der Waals surface area contributed by atoms with Gasteiger partial charge in [0.25, 0.3) is 0 Å². The SMILES string of the molecule is C[C@@H](OC(=O)c1ccc(NC(=O)CC#N)cc1)C(=O)c1ccc2c(c1)CCC2. The summed E-state index contributed by atoms with van der Waals surface area (Å²) in [5.74, 6) is -1.27. The van der Waals surface area contributed by atoms with Crippen LogP contribution in [0.25, 0.3) is 0 Å². The highest BCUT2D eigenvalue weighted by molar-refractivity contribution is 6.01. The minimum atomic E-state index is -0.901. The van der Waals surface area contributed by atoms with Crippen LogP contribution in [-0.2, 0) is 22.4 Å². The van der Waals surface area contributed by atoms with E-state index in [1.54, 1.807) is 31.2 Å². The average molecular weight is 376 g/mol. The van der Waals surface area contributed by atoms with Crippen LogP contribution in [0.15, 0.2) is 42.5 Å². The Hall–Kier alpha value is -3.46. The van der Waals surface area contributed by atoms with Gasteiger partial charge in [0, 0.05) is 11.3 Å². The van der Waals surface area contributed by atoms with Crippen LogP contribution >= 0.6 is 0 Å². The number of esters is 1. The second kappa shape index (κ2) is 8.49. The van der Waals surface area contributed by atoms with Crippen molar-refractivity contribution in [3.05, 3.63) is 64.7 Å². The first-order valence-corrected chi connectivity index (χ1v) is 9.12. The van der Waals surface area contributed by atoms with E-state index in [1.807, 2.05) is 12.1 Å². The summed E-state index contributed by atoms with van der Waals surface area (Å²) in [5.41, 5.74) is 3.77. The minimum Gasteiger partial charge on any atom is -0.451 e. The Kier molecular flexibility index (Phi) is 5.85. The summed E-state index contributed by atoms with van der Waals surface area (Å²) in [6, 6.07) is 13.5. The summed E-state index contributed by atoms with van der Waals surface area (Å²) in [6.45, 7) is 1.56. The number of ether oxygens (including phenoxy) is 1. The van der Waals surface area contributed by atoms with Crippen LogP contribution in [0.1, 0.15) is 51.6 Å². The smallest absolute Gasteiger partial charge is 0.338 e. The van der Waals surface area contributed by atoms with E-state index in [0.717, 1.165) is 19.3 Å². The molecule has 0 saturated carbocycles. The first-order valence-electron chi connectivity index (χ1n) is 9.12. The number of ketones is 1. The summed E-state index contributed by atoms with van der Waals surface area (Å²) >= 11 is 0. The highest BCUT2D eigenvalue weighted by Crippen LogP contribution is 2.23. The van der Waals surface area contributed by atoms with Crippen molar-refractivity contribution in [2.24, 2.45) is 0 Å². The van der Waals surface area contributed by atoms with Crippen LogP contribution in [0.4, 0.5) is 5.69 Å². The largest absolute Gasteiger partial charge is 0.451 e. The number of carbonyl (C=O) groups is 3. The van der Waals surface area contributed by atoms with E-state index in [4.69, 9.17) is 10.00 Å². The Morgan fingerprint density at radius 2 is 1.75 bits per heavy atom. The fraction of sp³-hybridized carbons (Fsp3) is 0.273. The molecule has 1 amide bonds. The van der Waals surface area contributed by atoms with Crippen molar-refractivity contribution in [1.29, 1.82) is 5.26 Å². The van der Waals surface area contributed by atoms with Gasteiger partial charge >= 0.3 is 5.97 Å². The zero-order chi connectivity index (χ0) is 20.1. The maximum atomic E-state index is 12.6. The van der Waals surface area contributed by atoms with Crippen molar-refractivity contribution in [1.82, 2.24) is 0 Å². The molecule has 6 nitrogen and oxygen atoms in total. The van der Waals surface area contributed by atoms with E-state index >= 15 is 0 Å². The average Bonchev–Trinajstić information content (AvgIpc) is 3.15. The molecule has 1 atom stereocenters. The normalized spacial score (nSPS) is 13.1. The molecule has 0 heterocycles. The number of anilines is 1. The molecule has 1 aliphatic rings. The summed E-state index contributed by atoms with van der Waals surface area (Å²) in [6.07, 6.45) is 1.97. The molecule has 3 rings (SSSR count). The molecule has 0 radical (unpaired) electrons. The molecule has 28 heavy (non-hydrogen) atoms. The van der Waals surface area contributed by atoms with Gasteiger partial charge in [-0.05, 0) is 67.6 Å². The summed E-state index contributed by atoms with van der Waals surface area (Å²) in [7, 11) is 0. The van der Waals surface area contributed by atoms with Crippen molar-refractivity contribution >= 4 is 23.3 Å². The summed E-state index contributed by atoms with van der Waals surface area (Å²) < 4.78 is 5.31. The van der Waals surface area contributed by atoms with Gasteiger partial charge in [-0.25, -0.2) is 4.79 Å². The van der Waals surface area contributed by atoms with E-state index in [1.165, 1.54) is 23.3 Å². The number of rotatable bonds is 6. The van der Waals surface area contributed by atoms with Gasteiger partial charge in [0.2, 0.25) is 11.7 Å². The molecule has 6 heteroatoms. The molecule has 2 aromatic carbocycles. The maximum absolute atomic E-state index is 12.6. The van der Waals surface area contributed by atoms with Gasteiger partial charge in [0.1, 0.15) is 6.42 Å². The minimum absolute atomic E-state index is 0.233. The molecule has 0 aromatic heterocycles. The highest BCUT2D eigenvalue weighted by Gasteiger charge is 2.22. The van der Waals surface area contributed by atoms with E-state index in [2.05, 4.69) is 5.32 Å². The third-order valence-corrected chi connectivity index (χ3v) is 4.68. The number of benzene rings is 2. The fourth-order valence-electron chi connectivity index (χ4n) is 3.21. The van der Waals surface area contributed by atoms with Crippen molar-refractivity contribution in [3.8, 4) is 6.07 Å². The Labute approximate surface area is 163 Å². The predicted molar refractivity (Wildman–Crippen MR) is 103 cm³/mol. The number of nitriles is 1. The van der Waals surface area contributed by atoms with Crippen LogP contribution < -0.4 is 5.32 Å². The Morgan fingerprint density at radius 1 is 1.07 bits per heavy atom. The van der Waals surface area contributed by atoms with Gasteiger partial charge in [0.15, 0.2) is 6.10 Å². The third kappa shape index (κ3) is 4.44. The molecule has 1 aliphatic carbocycles. The first kappa shape index (κ1) is 19.3. The molecular formula is C22H20N2O4. The van der Waals surface area contributed by atoms with E-state index in [0.29, 0.717) is 11.3 Å². The Morgan fingerprint density at radius 3 is 2.46 bits per heavy atom. The zero-order valence-corrected chi connectivity index (χ0v) is 15.5. The lowest BCUT2D eigenvalue weighted by Crippen LogP contribution is -2.24. The van der Waals surface area contributed by atoms with Gasteiger partial charge in [0.05, 0.1) is 11.6 Å². The lowest BCUT2D eigenvalue weighted by molar-refractivity contribution is -0.115. The number of hydrogen-bond acceptors (Lipinski definition) is 5. The third-order valence-electron chi connectivity index (χ3n) is 4.68. The van der Waals surface area contributed by atoms with E-state index in [9.17, 15) is 14.4 Å². The van der Waals surface area contributed by atoms with Crippen molar-refractivity contribution < 1.29 is 19.1 Å². The number of carbonyl (C=O) groups excluding carboxylic acids is 3. The number of nitrogens with zero attached hydrogens (tertiary/aromatic N) is 1. The lowest BCUT2D eigenvalue weighted by atomic mass is 10.0. The fourth-order valence-corrected chi connectivity index (χ4v) is 3.21. The molecule has 0 fully saturated rings. The van der Waals surface area contributed by atoms with E-state index in [-0.39, 0.29) is 17.8 Å². The van der Waals surface area contributed by atoms with Crippen LogP contribution in [0.3, 0.4) is 0 Å². The van der Waals surface area contributed by atoms with Crippen LogP contribution in [-0.4, -0.2) is 23.8 Å². The zero-order valence-electron chi connectivity index (χ0n) is 15.5. The first-order chi connectivity index (χ1) is 13.5. The number of amides is 1. The van der Waals surface area contributed by atoms with Crippen LogP contribution in [0.5, 0.6) is 0 Å². The number of Topliss-reactive ketones (excluding diaryl/α,β-unsaturated/α-hetero) is 1. The molecule has 0 saturated heterocycles. The molecule has 0 bridgehead atoms. The Bertz CT molecular complexity index is 957. The molecule has 0 aliphatic heterocycles. The number of hydrogen-bond donors (Lipinski definition) is 1. The van der Waals surface area contributed by atoms with Gasteiger partial charge < -0.3 is 10.1 Å². The number of nitrogens with one attached hydrogen (secondary N) is 1. The van der Waals surface area contributed by atoms with Crippen LogP contribution in [0.2, 0.25) is 0 Å². The van der Waals surface area contributed by atoms with Crippen molar-refractivity contribution in [2.75, 3.05) is 5.32 Å². The predicted octanol–water partition coefficient (Wildman–Crippen LogP) is 3.46. The quantitative estimate of drug-likeness (QED) is 0.615. The topological polar surface area (TPSA) is 96.3 Å². The molecule has 0 unspecified atom stereocenters.